The van der Waals surface area contributed by atoms with Gasteiger partial charge in [0.25, 0.3) is 11.8 Å². The van der Waals surface area contributed by atoms with Crippen LogP contribution in [0.2, 0.25) is 0 Å². The van der Waals surface area contributed by atoms with E-state index in [0.717, 1.165) is 17.8 Å². The monoisotopic (exact) mass is 544 g/mol. The van der Waals surface area contributed by atoms with Crippen molar-refractivity contribution in [1.82, 2.24) is 19.8 Å². The maximum atomic E-state index is 13.1. The third-order valence-electron chi connectivity index (χ3n) is 7.62. The van der Waals surface area contributed by atoms with Crippen molar-refractivity contribution in [3.05, 3.63) is 57.2 Å². The van der Waals surface area contributed by atoms with Crippen molar-refractivity contribution in [1.29, 1.82) is 0 Å². The summed E-state index contributed by atoms with van der Waals surface area (Å²) in [7, 11) is 0. The zero-order valence-electron chi connectivity index (χ0n) is 24.1. The van der Waals surface area contributed by atoms with E-state index in [-0.39, 0.29) is 47.5 Å². The molecule has 5 rings (SSSR count). The maximum absolute atomic E-state index is 13.1. The highest BCUT2D eigenvalue weighted by atomic mass is 19.4. The minimum absolute atomic E-state index is 0.000556. The van der Waals surface area contributed by atoms with Crippen molar-refractivity contribution in [2.75, 3.05) is 0 Å². The second kappa shape index (κ2) is 10.5. The van der Waals surface area contributed by atoms with E-state index < -0.39 is 11.9 Å². The summed E-state index contributed by atoms with van der Waals surface area (Å²) in [6, 6.07) is 3.64. The molecule has 2 aromatic rings. The molecule has 4 heterocycles. The van der Waals surface area contributed by atoms with Gasteiger partial charge in [0.2, 0.25) is 0 Å². The molecule has 0 saturated heterocycles. The second-order valence-electron chi connectivity index (χ2n) is 12.0. The number of aromatic nitrogens is 2. The van der Waals surface area contributed by atoms with Crippen LogP contribution < -0.4 is 0 Å². The normalized spacial score (nSPS) is 17.0. The number of hydrogen-bond donors (Lipinski definition) is 0. The number of fused-ring (bicyclic) bond motifs is 2. The van der Waals surface area contributed by atoms with Crippen molar-refractivity contribution >= 4 is 11.8 Å². The highest BCUT2D eigenvalue weighted by molar-refractivity contribution is 5.99. The summed E-state index contributed by atoms with van der Waals surface area (Å²) in [5, 5.41) is 0. The molecule has 2 amide bonds. The SMILES string of the molecule is CC(C)c1cc2c(c(C(F)(F)F)n1)CN(C(C)C)C2=O.CC(C)c1cc2c(c(C3CC3)n1)CN(C(C)C)C2=O. The van der Waals surface area contributed by atoms with Gasteiger partial charge >= 0.3 is 6.18 Å². The van der Waals surface area contributed by atoms with E-state index in [9.17, 15) is 22.8 Å². The number of hydrogen-bond acceptors (Lipinski definition) is 4. The Kier molecular flexibility index (Phi) is 7.85. The smallest absolute Gasteiger partial charge is 0.332 e. The molecule has 2 aromatic heterocycles. The molecule has 0 aromatic carbocycles. The highest BCUT2D eigenvalue weighted by Crippen LogP contribution is 2.44. The molecule has 1 aliphatic carbocycles. The summed E-state index contributed by atoms with van der Waals surface area (Å²) in [4.78, 5) is 36.7. The number of halogens is 3. The lowest BCUT2D eigenvalue weighted by Crippen LogP contribution is -2.30. The molecule has 6 nitrogen and oxygen atoms in total. The molecular formula is C30H39F3N4O2. The Hall–Kier alpha value is -2.97. The van der Waals surface area contributed by atoms with Crippen LogP contribution in [0.3, 0.4) is 0 Å². The van der Waals surface area contributed by atoms with E-state index in [2.05, 4.69) is 32.7 Å². The minimum atomic E-state index is -4.54. The fraction of sp³-hybridized carbons (Fsp3) is 0.600. The molecule has 0 atom stereocenters. The van der Waals surface area contributed by atoms with E-state index in [4.69, 9.17) is 4.98 Å². The van der Waals surface area contributed by atoms with Crippen molar-refractivity contribution in [2.45, 2.75) is 117 Å². The molecule has 9 heteroatoms. The van der Waals surface area contributed by atoms with Gasteiger partial charge in [-0.05, 0) is 64.5 Å². The molecule has 212 valence electrons. The largest absolute Gasteiger partial charge is 0.433 e. The van der Waals surface area contributed by atoms with Gasteiger partial charge in [0.15, 0.2) is 5.69 Å². The fourth-order valence-corrected chi connectivity index (χ4v) is 5.06. The fourth-order valence-electron chi connectivity index (χ4n) is 5.06. The van der Waals surface area contributed by atoms with Gasteiger partial charge in [-0.25, -0.2) is 4.98 Å². The van der Waals surface area contributed by atoms with Crippen molar-refractivity contribution < 1.29 is 22.8 Å². The standard InChI is InChI=1S/C16H22N2O.C14H17F3N2O/c1-9(2)14-7-12-13(15(17-14)11-5-6-11)8-18(10(3)4)16(12)19;1-7(2)11-5-9-10(12(18-11)14(15,16)17)6-19(8(3)4)13(9)20/h7,9-11H,5-6,8H2,1-4H3;5,7-8H,6H2,1-4H3. The zero-order chi connectivity index (χ0) is 29.0. The number of pyridine rings is 2. The van der Waals surface area contributed by atoms with Crippen molar-refractivity contribution in [2.24, 2.45) is 0 Å². The number of carbonyl (C=O) groups is 2. The lowest BCUT2D eigenvalue weighted by atomic mass is 10.0. The molecule has 0 bridgehead atoms. The first-order chi connectivity index (χ1) is 18.1. The summed E-state index contributed by atoms with van der Waals surface area (Å²) in [5.41, 5.74) is 3.91. The van der Waals surface area contributed by atoms with Crippen LogP contribution in [0.25, 0.3) is 0 Å². The topological polar surface area (TPSA) is 66.4 Å². The quantitative estimate of drug-likeness (QED) is 0.405. The molecule has 3 aliphatic rings. The van der Waals surface area contributed by atoms with Crippen LogP contribution in [-0.2, 0) is 19.3 Å². The minimum Gasteiger partial charge on any atom is -0.332 e. The zero-order valence-corrected chi connectivity index (χ0v) is 24.1. The summed E-state index contributed by atoms with van der Waals surface area (Å²) >= 11 is 0. The van der Waals surface area contributed by atoms with Gasteiger partial charge in [0.1, 0.15) is 0 Å². The van der Waals surface area contributed by atoms with Crippen LogP contribution in [0.4, 0.5) is 13.2 Å². The molecule has 1 saturated carbocycles. The van der Waals surface area contributed by atoms with E-state index in [1.54, 1.807) is 27.7 Å². The van der Waals surface area contributed by atoms with Crippen LogP contribution in [-0.4, -0.2) is 43.7 Å². The lowest BCUT2D eigenvalue weighted by Gasteiger charge is -2.20. The van der Waals surface area contributed by atoms with E-state index in [1.165, 1.54) is 35.1 Å². The number of nitrogens with zero attached hydrogens (tertiary/aromatic N) is 4. The number of rotatable bonds is 5. The molecule has 0 radical (unpaired) electrons. The van der Waals surface area contributed by atoms with Crippen molar-refractivity contribution in [3.8, 4) is 0 Å². The molecule has 0 spiro atoms. The molecule has 0 N–H and O–H groups in total. The first kappa shape index (κ1) is 29.0. The Morgan fingerprint density at radius 2 is 1.18 bits per heavy atom. The Morgan fingerprint density at radius 1 is 0.744 bits per heavy atom. The van der Waals surface area contributed by atoms with Gasteiger partial charge in [-0.1, -0.05) is 27.7 Å². The Balaban J connectivity index is 0.000000181. The Bertz CT molecular complexity index is 1280. The Morgan fingerprint density at radius 3 is 1.59 bits per heavy atom. The lowest BCUT2D eigenvalue weighted by molar-refractivity contribution is -0.142. The predicted molar refractivity (Wildman–Crippen MR) is 144 cm³/mol. The molecule has 39 heavy (non-hydrogen) atoms. The van der Waals surface area contributed by atoms with Gasteiger partial charge in [-0.3, -0.25) is 14.6 Å². The molecule has 1 fully saturated rings. The number of amides is 2. The highest BCUT2D eigenvalue weighted by Gasteiger charge is 2.42. The van der Waals surface area contributed by atoms with Gasteiger partial charge in [0, 0.05) is 70.4 Å². The van der Waals surface area contributed by atoms with Crippen LogP contribution in [0, 0.1) is 0 Å². The van der Waals surface area contributed by atoms with E-state index >= 15 is 0 Å². The summed E-state index contributed by atoms with van der Waals surface area (Å²) in [6.07, 6.45) is -2.07. The second-order valence-corrected chi connectivity index (χ2v) is 12.0. The third kappa shape index (κ3) is 5.68. The first-order valence-corrected chi connectivity index (χ1v) is 13.9. The van der Waals surface area contributed by atoms with Gasteiger partial charge in [-0.15, -0.1) is 0 Å². The number of carbonyl (C=O) groups excluding carboxylic acids is 2. The van der Waals surface area contributed by atoms with Gasteiger partial charge < -0.3 is 9.80 Å². The van der Waals surface area contributed by atoms with Crippen LogP contribution in [0.1, 0.15) is 141 Å². The van der Waals surface area contributed by atoms with E-state index in [1.807, 2.05) is 11.0 Å². The summed E-state index contributed by atoms with van der Waals surface area (Å²) < 4.78 is 39.4. The predicted octanol–water partition coefficient (Wildman–Crippen LogP) is 7.03. The van der Waals surface area contributed by atoms with Crippen LogP contribution in [0.5, 0.6) is 0 Å². The van der Waals surface area contributed by atoms with Gasteiger partial charge in [-0.2, -0.15) is 13.2 Å². The summed E-state index contributed by atoms with van der Waals surface area (Å²) in [6.45, 7) is 16.3. The number of alkyl halides is 3. The average Bonchev–Trinajstić information content (AvgIpc) is 3.56. The van der Waals surface area contributed by atoms with Gasteiger partial charge in [0.05, 0.1) is 0 Å². The summed E-state index contributed by atoms with van der Waals surface area (Å²) in [5.74, 6) is 0.666. The maximum Gasteiger partial charge on any atom is 0.433 e. The van der Waals surface area contributed by atoms with Crippen LogP contribution >= 0.6 is 0 Å². The molecule has 0 unspecified atom stereocenters. The average molecular weight is 545 g/mol. The molecular weight excluding hydrogens is 505 g/mol. The first-order valence-electron chi connectivity index (χ1n) is 13.9. The Labute approximate surface area is 229 Å². The van der Waals surface area contributed by atoms with E-state index in [0.29, 0.717) is 17.5 Å². The van der Waals surface area contributed by atoms with Crippen molar-refractivity contribution in [3.63, 3.8) is 0 Å². The van der Waals surface area contributed by atoms with Crippen LogP contribution in [0.15, 0.2) is 12.1 Å². The molecule has 2 aliphatic heterocycles. The third-order valence-corrected chi connectivity index (χ3v) is 7.62.